The normalized spacial score (nSPS) is 11.5. The van der Waals surface area contributed by atoms with E-state index in [2.05, 4.69) is 0 Å². The van der Waals surface area contributed by atoms with Crippen molar-refractivity contribution in [2.45, 2.75) is 11.5 Å². The molecule has 1 aromatic carbocycles. The monoisotopic (exact) mass is 309 g/mol. The average molecular weight is 309 g/mol. The van der Waals surface area contributed by atoms with Crippen LogP contribution in [0.5, 0.6) is 0 Å². The minimum atomic E-state index is -3.87. The van der Waals surface area contributed by atoms with Gasteiger partial charge >= 0.3 is 0 Å². The molecular weight excluding hydrogens is 294 g/mol. The second-order valence-corrected chi connectivity index (χ2v) is 6.04. The molecule has 0 aliphatic carbocycles. The van der Waals surface area contributed by atoms with Crippen molar-refractivity contribution in [3.05, 3.63) is 53.9 Å². The standard InChI is InChI=1S/C13H15N3O4S/c1-16-8-11(7-12(16)13(14)17)21(18,19)15-20-9-10-5-3-2-4-6-10/h2-8,15H,9H2,1H3,(H2,14,17). The summed E-state index contributed by atoms with van der Waals surface area (Å²) in [7, 11) is -2.33. The van der Waals surface area contributed by atoms with Crippen molar-refractivity contribution in [2.24, 2.45) is 12.8 Å². The lowest BCUT2D eigenvalue weighted by Crippen LogP contribution is -2.23. The number of rotatable bonds is 6. The highest BCUT2D eigenvalue weighted by molar-refractivity contribution is 7.89. The van der Waals surface area contributed by atoms with Gasteiger partial charge in [0, 0.05) is 13.2 Å². The molecule has 1 aromatic heterocycles. The number of amides is 1. The predicted octanol–water partition coefficient (Wildman–Crippen LogP) is 0.534. The number of nitrogens with two attached hydrogens (primary N) is 1. The number of aryl methyl sites for hydroxylation is 1. The highest BCUT2D eigenvalue weighted by Gasteiger charge is 2.19. The van der Waals surface area contributed by atoms with Crippen LogP contribution in [0.25, 0.3) is 0 Å². The van der Waals surface area contributed by atoms with Gasteiger partial charge in [-0.1, -0.05) is 35.2 Å². The van der Waals surface area contributed by atoms with Crippen LogP contribution in [0, 0.1) is 0 Å². The Morgan fingerprint density at radius 1 is 1.33 bits per heavy atom. The summed E-state index contributed by atoms with van der Waals surface area (Å²) in [6, 6.07) is 10.3. The number of benzene rings is 1. The molecular formula is C13H15N3O4S. The summed E-state index contributed by atoms with van der Waals surface area (Å²) in [6.07, 6.45) is 1.29. The van der Waals surface area contributed by atoms with Gasteiger partial charge in [0.15, 0.2) is 0 Å². The summed E-state index contributed by atoms with van der Waals surface area (Å²) >= 11 is 0. The third-order valence-corrected chi connectivity index (χ3v) is 3.97. The van der Waals surface area contributed by atoms with Crippen LogP contribution in [0.4, 0.5) is 0 Å². The third-order valence-electron chi connectivity index (χ3n) is 2.79. The van der Waals surface area contributed by atoms with Gasteiger partial charge in [-0.3, -0.25) is 9.63 Å². The molecule has 2 aromatic rings. The first kappa shape index (κ1) is 15.2. The molecule has 0 saturated carbocycles. The summed E-state index contributed by atoms with van der Waals surface area (Å²) in [5, 5.41) is 0. The van der Waals surface area contributed by atoms with Crippen LogP contribution in [0.1, 0.15) is 16.1 Å². The van der Waals surface area contributed by atoms with Gasteiger partial charge in [0.05, 0.1) is 6.61 Å². The number of nitrogens with zero attached hydrogens (tertiary/aromatic N) is 1. The SMILES string of the molecule is Cn1cc(S(=O)(=O)NOCc2ccccc2)cc1C(N)=O. The zero-order valence-electron chi connectivity index (χ0n) is 11.3. The maximum atomic E-state index is 12.0. The van der Waals surface area contributed by atoms with Gasteiger partial charge in [-0.2, -0.15) is 0 Å². The molecule has 7 nitrogen and oxygen atoms in total. The van der Waals surface area contributed by atoms with Crippen LogP contribution in [-0.2, 0) is 28.5 Å². The van der Waals surface area contributed by atoms with Gasteiger partial charge in [-0.25, -0.2) is 8.42 Å². The molecule has 0 fully saturated rings. The van der Waals surface area contributed by atoms with Gasteiger partial charge in [0.2, 0.25) is 0 Å². The van der Waals surface area contributed by atoms with Crippen LogP contribution in [-0.4, -0.2) is 18.9 Å². The van der Waals surface area contributed by atoms with Crippen molar-refractivity contribution < 1.29 is 18.0 Å². The lowest BCUT2D eigenvalue weighted by Gasteiger charge is -2.05. The zero-order valence-corrected chi connectivity index (χ0v) is 12.1. The maximum Gasteiger partial charge on any atom is 0.265 e. The van der Waals surface area contributed by atoms with E-state index in [0.29, 0.717) is 0 Å². The second kappa shape index (κ2) is 6.08. The Hall–Kier alpha value is -2.16. The molecule has 0 radical (unpaired) electrons. The first-order valence-corrected chi connectivity index (χ1v) is 7.52. The number of hydrogen-bond donors (Lipinski definition) is 2. The molecule has 112 valence electrons. The molecule has 0 bridgehead atoms. The topological polar surface area (TPSA) is 103 Å². The Morgan fingerprint density at radius 2 is 2.00 bits per heavy atom. The molecule has 0 saturated heterocycles. The minimum absolute atomic E-state index is 0.0909. The Balaban J connectivity index is 2.05. The number of carbonyl (C=O) groups excluding carboxylic acids is 1. The van der Waals surface area contributed by atoms with E-state index in [0.717, 1.165) is 5.56 Å². The maximum absolute atomic E-state index is 12.0. The molecule has 0 unspecified atom stereocenters. The van der Waals surface area contributed by atoms with Crippen LogP contribution >= 0.6 is 0 Å². The number of hydrogen-bond acceptors (Lipinski definition) is 4. The summed E-state index contributed by atoms with van der Waals surface area (Å²) in [4.78, 5) is 18.0. The number of primary amides is 1. The molecule has 0 spiro atoms. The van der Waals surface area contributed by atoms with Gasteiger partial charge in [-0.05, 0) is 11.6 Å². The second-order valence-electron chi connectivity index (χ2n) is 4.40. The summed E-state index contributed by atoms with van der Waals surface area (Å²) in [5.74, 6) is -0.704. The molecule has 2 rings (SSSR count). The van der Waals surface area contributed by atoms with Crippen molar-refractivity contribution >= 4 is 15.9 Å². The number of nitrogens with one attached hydrogen (secondary N) is 1. The van der Waals surface area contributed by atoms with Crippen molar-refractivity contribution in [3.63, 3.8) is 0 Å². The Labute approximate surface area is 122 Å². The zero-order chi connectivity index (χ0) is 15.5. The van der Waals surface area contributed by atoms with Crippen molar-refractivity contribution in [3.8, 4) is 0 Å². The van der Waals surface area contributed by atoms with E-state index in [-0.39, 0.29) is 17.2 Å². The van der Waals surface area contributed by atoms with Gasteiger partial charge in [-0.15, -0.1) is 0 Å². The lowest BCUT2D eigenvalue weighted by atomic mass is 10.2. The Bertz CT molecular complexity index is 738. The van der Waals surface area contributed by atoms with Crippen LogP contribution in [0.3, 0.4) is 0 Å². The molecule has 1 amide bonds. The minimum Gasteiger partial charge on any atom is -0.364 e. The Kier molecular flexibility index (Phi) is 4.41. The number of aromatic nitrogens is 1. The van der Waals surface area contributed by atoms with Gasteiger partial charge in [0.1, 0.15) is 10.6 Å². The van der Waals surface area contributed by atoms with E-state index in [4.69, 9.17) is 10.6 Å². The van der Waals surface area contributed by atoms with E-state index in [1.807, 2.05) is 35.2 Å². The molecule has 0 aliphatic rings. The predicted molar refractivity (Wildman–Crippen MR) is 75.5 cm³/mol. The Morgan fingerprint density at radius 3 is 2.57 bits per heavy atom. The van der Waals surface area contributed by atoms with Crippen molar-refractivity contribution in [2.75, 3.05) is 0 Å². The molecule has 8 heteroatoms. The molecule has 0 aliphatic heterocycles. The molecule has 21 heavy (non-hydrogen) atoms. The highest BCUT2D eigenvalue weighted by atomic mass is 32.2. The van der Waals surface area contributed by atoms with E-state index >= 15 is 0 Å². The summed E-state index contributed by atoms with van der Waals surface area (Å²) < 4.78 is 25.4. The van der Waals surface area contributed by atoms with E-state index in [9.17, 15) is 13.2 Å². The van der Waals surface area contributed by atoms with Gasteiger partial charge < -0.3 is 10.3 Å². The quantitative estimate of drug-likeness (QED) is 0.760. The first-order chi connectivity index (χ1) is 9.90. The first-order valence-electron chi connectivity index (χ1n) is 6.04. The fourth-order valence-electron chi connectivity index (χ4n) is 1.74. The molecule has 3 N–H and O–H groups in total. The van der Waals surface area contributed by atoms with Gasteiger partial charge in [0.25, 0.3) is 15.9 Å². The van der Waals surface area contributed by atoms with Crippen LogP contribution in [0.15, 0.2) is 47.5 Å². The molecule has 0 atom stereocenters. The smallest absolute Gasteiger partial charge is 0.265 e. The van der Waals surface area contributed by atoms with E-state index in [1.54, 1.807) is 0 Å². The summed E-state index contributed by atoms with van der Waals surface area (Å²) in [5.41, 5.74) is 6.06. The van der Waals surface area contributed by atoms with Crippen LogP contribution in [0.2, 0.25) is 0 Å². The summed E-state index contributed by atoms with van der Waals surface area (Å²) in [6.45, 7) is 0.0928. The van der Waals surface area contributed by atoms with Crippen molar-refractivity contribution in [1.82, 2.24) is 9.45 Å². The van der Waals surface area contributed by atoms with Crippen molar-refractivity contribution in [1.29, 1.82) is 0 Å². The lowest BCUT2D eigenvalue weighted by molar-refractivity contribution is 0.0795. The number of carbonyl (C=O) groups is 1. The fourth-order valence-corrected chi connectivity index (χ4v) is 2.61. The largest absolute Gasteiger partial charge is 0.364 e. The van der Waals surface area contributed by atoms with Crippen LogP contribution < -0.4 is 10.6 Å². The highest BCUT2D eigenvalue weighted by Crippen LogP contribution is 2.13. The molecule has 1 heterocycles. The van der Waals surface area contributed by atoms with E-state index in [1.165, 1.54) is 23.9 Å². The average Bonchev–Trinajstić information content (AvgIpc) is 2.83. The fraction of sp³-hybridized carbons (Fsp3) is 0.154. The number of sulfonamides is 1. The third kappa shape index (κ3) is 3.69. The van der Waals surface area contributed by atoms with E-state index < -0.39 is 15.9 Å².